The van der Waals surface area contributed by atoms with Crippen LogP contribution in [-0.2, 0) is 14.1 Å². The van der Waals surface area contributed by atoms with Crippen molar-refractivity contribution in [2.75, 3.05) is 12.8 Å². The molecule has 0 fully saturated rings. The molecule has 2 N–H and O–H groups in total. The number of nitrogens with zero attached hydrogens (tertiary/aromatic N) is 3. The van der Waals surface area contributed by atoms with Gasteiger partial charge in [0, 0.05) is 37.3 Å². The highest BCUT2D eigenvalue weighted by molar-refractivity contribution is 5.93. The summed E-state index contributed by atoms with van der Waals surface area (Å²) >= 11 is 0. The van der Waals surface area contributed by atoms with Crippen LogP contribution in [0.15, 0.2) is 30.5 Å². The number of aryl methyl sites for hydroxylation is 2. The molecule has 19 heavy (non-hydrogen) atoms. The van der Waals surface area contributed by atoms with Crippen molar-refractivity contribution in [2.24, 2.45) is 14.1 Å². The van der Waals surface area contributed by atoms with Crippen LogP contribution in [-0.4, -0.2) is 21.5 Å². The van der Waals surface area contributed by atoms with Gasteiger partial charge in [0.15, 0.2) is 0 Å². The van der Waals surface area contributed by atoms with E-state index in [9.17, 15) is 0 Å². The van der Waals surface area contributed by atoms with E-state index in [1.165, 1.54) is 0 Å². The van der Waals surface area contributed by atoms with Gasteiger partial charge in [-0.3, -0.25) is 4.68 Å². The molecule has 0 atom stereocenters. The average Bonchev–Trinajstić information content (AvgIpc) is 2.93. The van der Waals surface area contributed by atoms with Gasteiger partial charge < -0.3 is 15.0 Å². The molecule has 0 aliphatic carbocycles. The van der Waals surface area contributed by atoms with Gasteiger partial charge in [-0.15, -0.1) is 0 Å². The van der Waals surface area contributed by atoms with Crippen molar-refractivity contribution >= 4 is 16.7 Å². The highest BCUT2D eigenvalue weighted by atomic mass is 16.5. The van der Waals surface area contributed by atoms with Crippen LogP contribution in [0.1, 0.15) is 0 Å². The zero-order chi connectivity index (χ0) is 13.6. The maximum atomic E-state index is 5.84. The molecule has 5 nitrogen and oxygen atoms in total. The number of methoxy groups -OCH3 is 1. The Kier molecular flexibility index (Phi) is 2.48. The highest BCUT2D eigenvalue weighted by Crippen LogP contribution is 2.36. The lowest BCUT2D eigenvalue weighted by molar-refractivity contribution is 0.421. The number of hydrogen-bond donors (Lipinski definition) is 1. The molecule has 0 saturated heterocycles. The largest absolute Gasteiger partial charge is 0.495 e. The third-order valence-corrected chi connectivity index (χ3v) is 3.41. The second-order valence-corrected chi connectivity index (χ2v) is 4.58. The van der Waals surface area contributed by atoms with E-state index in [4.69, 9.17) is 10.5 Å². The minimum atomic E-state index is 0.630. The number of nitrogen functional groups attached to an aromatic ring is 1. The first-order valence-corrected chi connectivity index (χ1v) is 6.03. The molecule has 0 spiro atoms. The number of benzene rings is 1. The summed E-state index contributed by atoms with van der Waals surface area (Å²) in [5.41, 5.74) is 8.75. The summed E-state index contributed by atoms with van der Waals surface area (Å²) in [6, 6.07) is 7.98. The van der Waals surface area contributed by atoms with Gasteiger partial charge in [-0.25, -0.2) is 0 Å². The van der Waals surface area contributed by atoms with Gasteiger partial charge in [-0.05, 0) is 18.2 Å². The Morgan fingerprint density at radius 1 is 1.21 bits per heavy atom. The Morgan fingerprint density at radius 2 is 2.00 bits per heavy atom. The standard InChI is InChI=1S/C14H16N4O/c1-17-7-6-10-12(17)5-4-9(14(10)19-3)11-8-13(15)18(2)16-11/h4-8H,15H2,1-3H3. The van der Waals surface area contributed by atoms with E-state index in [2.05, 4.69) is 15.7 Å². The number of anilines is 1. The minimum Gasteiger partial charge on any atom is -0.495 e. The van der Waals surface area contributed by atoms with E-state index in [1.807, 2.05) is 38.5 Å². The van der Waals surface area contributed by atoms with Gasteiger partial charge >= 0.3 is 0 Å². The van der Waals surface area contributed by atoms with Gasteiger partial charge in [0.2, 0.25) is 0 Å². The fourth-order valence-corrected chi connectivity index (χ4v) is 2.36. The Balaban J connectivity index is 2.29. The van der Waals surface area contributed by atoms with Crippen LogP contribution in [0, 0.1) is 0 Å². The Hall–Kier alpha value is -2.43. The SMILES string of the molecule is COc1c(-c2cc(N)n(C)n2)ccc2c1ccn2C. The van der Waals surface area contributed by atoms with Gasteiger partial charge in [0.25, 0.3) is 0 Å². The Labute approximate surface area is 111 Å². The number of fused-ring (bicyclic) bond motifs is 1. The molecule has 3 rings (SSSR count). The number of hydrogen-bond acceptors (Lipinski definition) is 3. The summed E-state index contributed by atoms with van der Waals surface area (Å²) < 4.78 is 9.29. The highest BCUT2D eigenvalue weighted by Gasteiger charge is 2.14. The van der Waals surface area contributed by atoms with Gasteiger partial charge in [-0.2, -0.15) is 5.10 Å². The van der Waals surface area contributed by atoms with E-state index < -0.39 is 0 Å². The van der Waals surface area contributed by atoms with E-state index in [-0.39, 0.29) is 0 Å². The van der Waals surface area contributed by atoms with Crippen LogP contribution >= 0.6 is 0 Å². The van der Waals surface area contributed by atoms with Gasteiger partial charge in [0.1, 0.15) is 11.6 Å². The minimum absolute atomic E-state index is 0.630. The first kappa shape index (κ1) is 11.6. The van der Waals surface area contributed by atoms with Crippen molar-refractivity contribution in [1.29, 1.82) is 0 Å². The van der Waals surface area contributed by atoms with Gasteiger partial charge in [0.05, 0.1) is 18.3 Å². The van der Waals surface area contributed by atoms with E-state index in [0.29, 0.717) is 5.82 Å². The maximum Gasteiger partial charge on any atom is 0.137 e. The second kappa shape index (κ2) is 4.05. The van der Waals surface area contributed by atoms with Crippen molar-refractivity contribution < 1.29 is 4.74 Å². The molecular formula is C14H16N4O. The van der Waals surface area contributed by atoms with Crippen molar-refractivity contribution in [3.8, 4) is 17.0 Å². The lowest BCUT2D eigenvalue weighted by atomic mass is 10.1. The van der Waals surface area contributed by atoms with Crippen molar-refractivity contribution in [1.82, 2.24) is 14.3 Å². The molecule has 0 amide bonds. The predicted molar refractivity (Wildman–Crippen MR) is 76.1 cm³/mol. The number of aromatic nitrogens is 3. The molecule has 2 heterocycles. The molecular weight excluding hydrogens is 240 g/mol. The topological polar surface area (TPSA) is 58.0 Å². The van der Waals surface area contributed by atoms with Crippen molar-refractivity contribution in [3.63, 3.8) is 0 Å². The molecule has 0 unspecified atom stereocenters. The number of ether oxygens (including phenoxy) is 1. The van der Waals surface area contributed by atoms with Gasteiger partial charge in [-0.1, -0.05) is 0 Å². The molecule has 1 aromatic carbocycles. The summed E-state index contributed by atoms with van der Waals surface area (Å²) in [6.45, 7) is 0. The molecule has 0 radical (unpaired) electrons. The molecule has 0 bridgehead atoms. The Morgan fingerprint density at radius 3 is 2.63 bits per heavy atom. The third-order valence-electron chi connectivity index (χ3n) is 3.41. The van der Waals surface area contributed by atoms with Crippen LogP contribution in [0.25, 0.3) is 22.2 Å². The summed E-state index contributed by atoms with van der Waals surface area (Å²) in [4.78, 5) is 0. The van der Waals surface area contributed by atoms with Crippen LogP contribution in [0.2, 0.25) is 0 Å². The average molecular weight is 256 g/mol. The fourth-order valence-electron chi connectivity index (χ4n) is 2.36. The molecule has 0 aliphatic heterocycles. The predicted octanol–water partition coefficient (Wildman–Crippen LogP) is 2.17. The molecule has 0 aliphatic rings. The Bertz CT molecular complexity index is 735. The van der Waals surface area contributed by atoms with E-state index in [0.717, 1.165) is 27.9 Å². The summed E-state index contributed by atoms with van der Waals surface area (Å²) in [5.74, 6) is 1.46. The monoisotopic (exact) mass is 256 g/mol. The van der Waals surface area contributed by atoms with Crippen LogP contribution in [0.4, 0.5) is 5.82 Å². The molecule has 98 valence electrons. The normalized spacial score (nSPS) is 11.1. The summed E-state index contributed by atoms with van der Waals surface area (Å²) in [6.07, 6.45) is 2.02. The lowest BCUT2D eigenvalue weighted by Gasteiger charge is -2.08. The van der Waals surface area contributed by atoms with E-state index >= 15 is 0 Å². The molecule has 2 aromatic heterocycles. The zero-order valence-electron chi connectivity index (χ0n) is 11.2. The lowest BCUT2D eigenvalue weighted by Crippen LogP contribution is -1.96. The van der Waals surface area contributed by atoms with Crippen LogP contribution in [0.3, 0.4) is 0 Å². The van der Waals surface area contributed by atoms with Crippen LogP contribution < -0.4 is 10.5 Å². The van der Waals surface area contributed by atoms with Crippen molar-refractivity contribution in [2.45, 2.75) is 0 Å². The first-order chi connectivity index (χ1) is 9.11. The summed E-state index contributed by atoms with van der Waals surface area (Å²) in [7, 11) is 5.52. The third kappa shape index (κ3) is 1.66. The van der Waals surface area contributed by atoms with Crippen LogP contribution in [0.5, 0.6) is 5.75 Å². The number of nitrogens with two attached hydrogens (primary N) is 1. The molecule has 5 heteroatoms. The smallest absolute Gasteiger partial charge is 0.137 e. The zero-order valence-corrected chi connectivity index (χ0v) is 11.2. The van der Waals surface area contributed by atoms with Crippen molar-refractivity contribution in [3.05, 3.63) is 30.5 Å². The maximum absolute atomic E-state index is 5.84. The van der Waals surface area contributed by atoms with E-state index in [1.54, 1.807) is 11.8 Å². The number of rotatable bonds is 2. The molecule has 0 saturated carbocycles. The second-order valence-electron chi connectivity index (χ2n) is 4.58. The fraction of sp³-hybridized carbons (Fsp3) is 0.214. The summed E-state index contributed by atoms with van der Waals surface area (Å²) in [5, 5.41) is 5.48. The molecule has 3 aromatic rings. The first-order valence-electron chi connectivity index (χ1n) is 6.03. The quantitative estimate of drug-likeness (QED) is 0.764.